The quantitative estimate of drug-likeness (QED) is 0.762. The van der Waals surface area contributed by atoms with E-state index in [-0.39, 0.29) is 31.3 Å². The lowest BCUT2D eigenvalue weighted by Crippen LogP contribution is -2.48. The first kappa shape index (κ1) is 22.1. The molecule has 1 aromatic carbocycles. The summed E-state index contributed by atoms with van der Waals surface area (Å²) in [5, 5.41) is 3.72. The van der Waals surface area contributed by atoms with Crippen LogP contribution < -0.4 is 5.32 Å². The molecule has 0 atom stereocenters. The van der Waals surface area contributed by atoms with E-state index in [9.17, 15) is 18.4 Å². The lowest BCUT2D eigenvalue weighted by molar-refractivity contribution is -0.133. The number of amides is 3. The van der Waals surface area contributed by atoms with E-state index in [0.717, 1.165) is 43.1 Å². The van der Waals surface area contributed by atoms with Crippen LogP contribution in [-0.4, -0.2) is 52.9 Å². The summed E-state index contributed by atoms with van der Waals surface area (Å²) in [4.78, 5) is 32.5. The van der Waals surface area contributed by atoms with Gasteiger partial charge in [0.15, 0.2) is 0 Å². The van der Waals surface area contributed by atoms with Gasteiger partial charge < -0.3 is 9.80 Å². The lowest BCUT2D eigenvalue weighted by atomic mass is 10.0. The van der Waals surface area contributed by atoms with Crippen LogP contribution in [0.3, 0.4) is 0 Å². The number of nitrogens with one attached hydrogen (secondary N) is 1. The summed E-state index contributed by atoms with van der Waals surface area (Å²) in [6.45, 7) is 1.35. The normalized spacial score (nSPS) is 16.7. The Morgan fingerprint density at radius 1 is 1.13 bits per heavy atom. The topological polar surface area (TPSA) is 65.5 Å². The van der Waals surface area contributed by atoms with E-state index >= 15 is 0 Å². The largest absolute Gasteiger partial charge is 0.342 e. The van der Waals surface area contributed by atoms with Crippen LogP contribution in [0, 0.1) is 17.6 Å². The van der Waals surface area contributed by atoms with Gasteiger partial charge in [-0.1, -0.05) is 18.8 Å². The van der Waals surface area contributed by atoms with Crippen LogP contribution >= 0.6 is 11.3 Å². The number of likely N-dealkylation sites (tertiary alicyclic amines) is 1. The Hall–Kier alpha value is -2.55. The monoisotopic (exact) mass is 436 g/mol. The number of halogens is 2. The van der Waals surface area contributed by atoms with Crippen molar-refractivity contribution in [3.63, 3.8) is 0 Å². The van der Waals surface area contributed by atoms with Crippen molar-refractivity contribution in [2.45, 2.75) is 39.2 Å². The predicted octanol–water partition coefficient (Wildman–Crippen LogP) is 4.59. The van der Waals surface area contributed by atoms with Crippen LogP contribution in [0.15, 0.2) is 24.4 Å². The number of carbonyl (C=O) groups excluding carboxylic acids is 2. The number of benzene rings is 1. The second-order valence-corrected chi connectivity index (χ2v) is 8.59. The van der Waals surface area contributed by atoms with Crippen LogP contribution in [0.1, 0.15) is 33.1 Å². The summed E-state index contributed by atoms with van der Waals surface area (Å²) in [6.07, 6.45) is 4.98. The highest BCUT2D eigenvalue weighted by atomic mass is 32.1. The molecule has 0 spiro atoms. The van der Waals surface area contributed by atoms with Gasteiger partial charge in [0.05, 0.1) is 6.20 Å². The molecule has 0 radical (unpaired) electrons. The summed E-state index contributed by atoms with van der Waals surface area (Å²) >= 11 is 1.15. The second kappa shape index (κ2) is 9.07. The van der Waals surface area contributed by atoms with Crippen molar-refractivity contribution in [1.29, 1.82) is 0 Å². The van der Waals surface area contributed by atoms with Crippen molar-refractivity contribution < 1.29 is 18.4 Å². The minimum absolute atomic E-state index is 0. The highest BCUT2D eigenvalue weighted by Crippen LogP contribution is 2.32. The number of nitrogens with zero attached hydrogens (tertiary/aromatic N) is 3. The maximum atomic E-state index is 13.4. The molecule has 1 aliphatic heterocycles. The number of hydrogen-bond acceptors (Lipinski definition) is 4. The van der Waals surface area contributed by atoms with Gasteiger partial charge in [-0.15, -0.1) is 0 Å². The van der Waals surface area contributed by atoms with Crippen molar-refractivity contribution in [3.05, 3.63) is 36.0 Å². The van der Waals surface area contributed by atoms with Gasteiger partial charge >= 0.3 is 6.03 Å². The average molecular weight is 437 g/mol. The third kappa shape index (κ3) is 4.95. The molecule has 9 heteroatoms. The summed E-state index contributed by atoms with van der Waals surface area (Å²) in [6, 6.07) is 3.01. The van der Waals surface area contributed by atoms with Gasteiger partial charge in [-0.2, -0.15) is 0 Å². The van der Waals surface area contributed by atoms with Crippen LogP contribution in [0.5, 0.6) is 0 Å². The number of piperidine rings is 1. The number of anilines is 1. The summed E-state index contributed by atoms with van der Waals surface area (Å²) < 4.78 is 26.8. The van der Waals surface area contributed by atoms with Gasteiger partial charge in [0.1, 0.15) is 21.6 Å². The first-order valence-corrected chi connectivity index (χ1v) is 10.5. The maximum Gasteiger partial charge on any atom is 0.322 e. The van der Waals surface area contributed by atoms with Crippen LogP contribution in [0.4, 0.5) is 18.6 Å². The van der Waals surface area contributed by atoms with Gasteiger partial charge in [-0.25, -0.2) is 18.6 Å². The Kier molecular flexibility index (Phi) is 6.70. The Morgan fingerprint density at radius 2 is 1.77 bits per heavy atom. The molecule has 1 aliphatic carbocycles. The van der Waals surface area contributed by atoms with Crippen molar-refractivity contribution in [2.75, 3.05) is 25.5 Å². The highest BCUT2D eigenvalue weighted by Gasteiger charge is 2.35. The number of aromatic nitrogens is 1. The second-order valence-electron chi connectivity index (χ2n) is 7.56. The Balaban J connectivity index is 0.00000256. The summed E-state index contributed by atoms with van der Waals surface area (Å²) in [7, 11) is 1.74. The number of hydrogen-bond donors (Lipinski definition) is 1. The van der Waals surface area contributed by atoms with E-state index in [2.05, 4.69) is 10.3 Å². The third-order valence-corrected chi connectivity index (χ3v) is 6.38. The van der Waals surface area contributed by atoms with Crippen molar-refractivity contribution in [1.82, 2.24) is 14.8 Å². The van der Waals surface area contributed by atoms with E-state index in [1.807, 2.05) is 4.90 Å². The molecular weight excluding hydrogens is 410 g/mol. The molecule has 1 N–H and O–H groups in total. The van der Waals surface area contributed by atoms with Gasteiger partial charge in [0.25, 0.3) is 0 Å². The van der Waals surface area contributed by atoms with Gasteiger partial charge in [0.2, 0.25) is 5.91 Å². The Morgan fingerprint density at radius 3 is 2.37 bits per heavy atom. The summed E-state index contributed by atoms with van der Waals surface area (Å²) in [5.41, 5.74) is 0.328. The van der Waals surface area contributed by atoms with Crippen LogP contribution in [0.2, 0.25) is 0 Å². The molecule has 0 bridgehead atoms. The molecule has 1 aromatic heterocycles. The molecule has 4 rings (SSSR count). The molecule has 2 aliphatic rings. The Labute approximate surface area is 178 Å². The molecule has 162 valence electrons. The van der Waals surface area contributed by atoms with E-state index < -0.39 is 11.6 Å². The van der Waals surface area contributed by atoms with Gasteiger partial charge in [-0.3, -0.25) is 10.1 Å². The first-order valence-electron chi connectivity index (χ1n) is 9.65. The zero-order chi connectivity index (χ0) is 20.5. The molecule has 2 heterocycles. The van der Waals surface area contributed by atoms with Crippen LogP contribution in [-0.2, 0) is 4.79 Å². The van der Waals surface area contributed by atoms with Gasteiger partial charge in [-0.05, 0) is 37.8 Å². The number of carbonyl (C=O) groups is 2. The number of rotatable bonds is 4. The van der Waals surface area contributed by atoms with Crippen molar-refractivity contribution in [2.24, 2.45) is 5.92 Å². The fourth-order valence-electron chi connectivity index (χ4n) is 3.56. The standard InChI is InChI=1S/C20H22F2N4O2S.CH4/c1-25(16-4-6-26(7-5-16)19(27)12-2-3-12)20(28)24-17-11-23-18(29-17)13-8-14(21)10-15(22)9-13;/h8-12,16H,2-7H2,1H3,(H,24,28);1H4. The first-order chi connectivity index (χ1) is 13.9. The molecule has 3 amide bonds. The summed E-state index contributed by atoms with van der Waals surface area (Å²) in [5.74, 6) is -0.875. The van der Waals surface area contributed by atoms with E-state index in [4.69, 9.17) is 0 Å². The number of urea groups is 1. The van der Waals surface area contributed by atoms with E-state index in [0.29, 0.717) is 28.7 Å². The maximum absolute atomic E-state index is 13.4. The fraction of sp³-hybridized carbons (Fsp3) is 0.476. The minimum atomic E-state index is -0.674. The fourth-order valence-corrected chi connectivity index (χ4v) is 4.36. The molecule has 30 heavy (non-hydrogen) atoms. The Bertz CT molecular complexity index is 903. The predicted molar refractivity (Wildman–Crippen MR) is 113 cm³/mol. The molecule has 0 unspecified atom stereocenters. The average Bonchev–Trinajstić information content (AvgIpc) is 3.45. The zero-order valence-electron chi connectivity index (χ0n) is 16.0. The van der Waals surface area contributed by atoms with Crippen LogP contribution in [0.25, 0.3) is 10.6 Å². The molecule has 2 fully saturated rings. The van der Waals surface area contributed by atoms with Crippen molar-refractivity contribution in [3.8, 4) is 10.6 Å². The third-order valence-electron chi connectivity index (χ3n) is 5.42. The van der Waals surface area contributed by atoms with Crippen molar-refractivity contribution >= 4 is 28.3 Å². The minimum Gasteiger partial charge on any atom is -0.342 e. The van der Waals surface area contributed by atoms with E-state index in [1.54, 1.807) is 11.9 Å². The number of thiazole rings is 1. The molecule has 1 saturated heterocycles. The van der Waals surface area contributed by atoms with Gasteiger partial charge in [0, 0.05) is 43.7 Å². The molecule has 6 nitrogen and oxygen atoms in total. The SMILES string of the molecule is C.CN(C(=O)Nc1cnc(-c2cc(F)cc(F)c2)s1)C1CCN(C(=O)C2CC2)CC1. The smallest absolute Gasteiger partial charge is 0.322 e. The molecule has 2 aromatic rings. The highest BCUT2D eigenvalue weighted by molar-refractivity contribution is 7.19. The lowest BCUT2D eigenvalue weighted by Gasteiger charge is -2.36. The molecule has 1 saturated carbocycles. The van der Waals surface area contributed by atoms with E-state index in [1.165, 1.54) is 18.3 Å². The zero-order valence-corrected chi connectivity index (χ0v) is 16.8. The molecular formula is C21H26F2N4O2S.